The third-order valence-electron chi connectivity index (χ3n) is 4.50. The number of aromatic amines is 1. The number of nitrogen functional groups attached to an aromatic ring is 1. The number of hydrogen-bond donors (Lipinski definition) is 3. The van der Waals surface area contributed by atoms with Crippen LogP contribution in [0.2, 0.25) is 5.02 Å². The molecule has 142 valence electrons. The predicted molar refractivity (Wildman–Crippen MR) is 114 cm³/mol. The molecule has 29 heavy (non-hydrogen) atoms. The molecule has 0 aliphatic rings. The molecule has 2 heterocycles. The summed E-state index contributed by atoms with van der Waals surface area (Å²) in [5, 5.41) is 13.1. The van der Waals surface area contributed by atoms with Crippen molar-refractivity contribution < 1.29 is 0 Å². The Morgan fingerprint density at radius 1 is 1.17 bits per heavy atom. The Bertz CT molecular complexity index is 1310. The molecule has 2 aromatic carbocycles. The van der Waals surface area contributed by atoms with Crippen molar-refractivity contribution in [2.24, 2.45) is 0 Å². The topological polar surface area (TPSA) is 120 Å². The van der Waals surface area contributed by atoms with Gasteiger partial charge in [-0.15, -0.1) is 0 Å². The number of benzene rings is 2. The fourth-order valence-electron chi connectivity index (χ4n) is 3.14. The minimum atomic E-state index is -0.198. The number of halogens is 1. The summed E-state index contributed by atoms with van der Waals surface area (Å²) in [4.78, 5) is 24.5. The van der Waals surface area contributed by atoms with Crippen molar-refractivity contribution in [1.82, 2.24) is 15.0 Å². The van der Waals surface area contributed by atoms with Crippen LogP contribution in [0.5, 0.6) is 0 Å². The molecule has 0 atom stereocenters. The molecule has 4 N–H and O–H groups in total. The van der Waals surface area contributed by atoms with E-state index >= 15 is 0 Å². The quantitative estimate of drug-likeness (QED) is 0.478. The van der Waals surface area contributed by atoms with Gasteiger partial charge < -0.3 is 16.0 Å². The maximum atomic E-state index is 13.3. The highest BCUT2D eigenvalue weighted by molar-refractivity contribution is 6.35. The van der Waals surface area contributed by atoms with Gasteiger partial charge in [0, 0.05) is 12.1 Å². The standard InChI is InChI=1S/C21H15ClN6O/c22-15-7-4-8-16-17(15)19(29)14(18(27-16)12-5-2-1-3-6-12)11-25-20-13(9-23)10-26-21(24)28-20/h1-8,10H,11H2,(H,27,29)(H3,24,25,26,28). The van der Waals surface area contributed by atoms with Gasteiger partial charge in [-0.25, -0.2) is 4.98 Å². The van der Waals surface area contributed by atoms with Gasteiger partial charge in [-0.2, -0.15) is 10.2 Å². The number of aromatic nitrogens is 3. The molecule has 0 unspecified atom stereocenters. The average molecular weight is 403 g/mol. The van der Waals surface area contributed by atoms with Crippen molar-refractivity contribution in [3.8, 4) is 17.3 Å². The zero-order valence-corrected chi connectivity index (χ0v) is 15.9. The van der Waals surface area contributed by atoms with E-state index in [1.807, 2.05) is 42.5 Å². The van der Waals surface area contributed by atoms with Gasteiger partial charge in [0.1, 0.15) is 17.5 Å². The summed E-state index contributed by atoms with van der Waals surface area (Å²) in [5.41, 5.74) is 8.31. The Hall–Kier alpha value is -3.89. The number of hydrogen-bond acceptors (Lipinski definition) is 6. The van der Waals surface area contributed by atoms with Gasteiger partial charge in [0.05, 0.1) is 27.8 Å². The summed E-state index contributed by atoms with van der Waals surface area (Å²) in [6.45, 7) is 0.117. The maximum absolute atomic E-state index is 13.3. The first-order chi connectivity index (χ1) is 14.1. The van der Waals surface area contributed by atoms with Gasteiger partial charge in [-0.3, -0.25) is 4.79 Å². The molecule has 0 amide bonds. The number of H-pyrrole nitrogens is 1. The summed E-state index contributed by atoms with van der Waals surface area (Å²) in [7, 11) is 0. The second-order valence-corrected chi connectivity index (χ2v) is 6.70. The minimum absolute atomic E-state index is 0.0326. The third kappa shape index (κ3) is 3.49. The molecule has 0 bridgehead atoms. The van der Waals surface area contributed by atoms with Crippen molar-refractivity contribution in [2.75, 3.05) is 11.1 Å². The molecule has 0 saturated carbocycles. The zero-order chi connectivity index (χ0) is 20.4. The second-order valence-electron chi connectivity index (χ2n) is 6.29. The Morgan fingerprint density at radius 3 is 2.72 bits per heavy atom. The van der Waals surface area contributed by atoms with Crippen LogP contribution >= 0.6 is 11.6 Å². The molecule has 2 aromatic heterocycles. The van der Waals surface area contributed by atoms with Crippen LogP contribution in [0.4, 0.5) is 11.8 Å². The van der Waals surface area contributed by atoms with Gasteiger partial charge in [0.25, 0.3) is 0 Å². The average Bonchev–Trinajstić information content (AvgIpc) is 2.73. The van der Waals surface area contributed by atoms with Gasteiger partial charge >= 0.3 is 0 Å². The first-order valence-electron chi connectivity index (χ1n) is 8.73. The van der Waals surface area contributed by atoms with Crippen LogP contribution in [-0.4, -0.2) is 15.0 Å². The molecular weight excluding hydrogens is 388 g/mol. The highest BCUT2D eigenvalue weighted by atomic mass is 35.5. The van der Waals surface area contributed by atoms with E-state index in [9.17, 15) is 10.1 Å². The highest BCUT2D eigenvalue weighted by Crippen LogP contribution is 2.26. The molecule has 0 radical (unpaired) electrons. The van der Waals surface area contributed by atoms with Gasteiger partial charge in [-0.1, -0.05) is 48.0 Å². The summed E-state index contributed by atoms with van der Waals surface area (Å²) in [6.07, 6.45) is 1.34. The molecule has 0 saturated heterocycles. The molecule has 0 spiro atoms. The lowest BCUT2D eigenvalue weighted by Crippen LogP contribution is -2.18. The number of nitrogens with zero attached hydrogens (tertiary/aromatic N) is 3. The second kappa shape index (κ2) is 7.62. The number of nitriles is 1. The third-order valence-corrected chi connectivity index (χ3v) is 4.81. The number of anilines is 2. The van der Waals surface area contributed by atoms with E-state index in [1.165, 1.54) is 6.20 Å². The number of nitrogens with two attached hydrogens (primary N) is 1. The number of rotatable bonds is 4. The van der Waals surface area contributed by atoms with Crippen molar-refractivity contribution in [3.63, 3.8) is 0 Å². The molecule has 0 fully saturated rings. The van der Waals surface area contributed by atoms with E-state index in [0.717, 1.165) is 5.56 Å². The molecule has 4 rings (SSSR count). The van der Waals surface area contributed by atoms with Gasteiger partial charge in [0.15, 0.2) is 5.43 Å². The SMILES string of the molecule is N#Cc1cnc(N)nc1NCc1c(-c2ccccc2)[nH]c2cccc(Cl)c2c1=O. The zero-order valence-electron chi connectivity index (χ0n) is 15.1. The number of fused-ring (bicyclic) bond motifs is 1. The minimum Gasteiger partial charge on any atom is -0.368 e. The normalized spacial score (nSPS) is 10.6. The summed E-state index contributed by atoms with van der Waals surface area (Å²) >= 11 is 6.30. The van der Waals surface area contributed by atoms with E-state index < -0.39 is 0 Å². The summed E-state index contributed by atoms with van der Waals surface area (Å²) in [5.74, 6) is 0.294. The van der Waals surface area contributed by atoms with Crippen LogP contribution in [0.3, 0.4) is 0 Å². The monoisotopic (exact) mass is 402 g/mol. The molecule has 7 nitrogen and oxygen atoms in total. The van der Waals surface area contributed by atoms with E-state index in [4.69, 9.17) is 17.3 Å². The first kappa shape index (κ1) is 18.5. The lowest BCUT2D eigenvalue weighted by molar-refractivity contribution is 1.06. The molecule has 0 aliphatic heterocycles. The lowest BCUT2D eigenvalue weighted by Gasteiger charge is -2.14. The molecule has 8 heteroatoms. The Kier molecular flexibility index (Phi) is 4.85. The molecular formula is C21H15ClN6O. The smallest absolute Gasteiger partial charge is 0.222 e. The Morgan fingerprint density at radius 2 is 1.97 bits per heavy atom. The number of pyridine rings is 1. The van der Waals surface area contributed by atoms with Crippen molar-refractivity contribution in [2.45, 2.75) is 6.54 Å². The Balaban J connectivity index is 1.88. The van der Waals surface area contributed by atoms with Crippen molar-refractivity contribution in [1.29, 1.82) is 5.26 Å². The largest absolute Gasteiger partial charge is 0.368 e. The van der Waals surface area contributed by atoms with E-state index in [0.29, 0.717) is 27.2 Å². The van der Waals surface area contributed by atoms with Crippen LogP contribution in [0.15, 0.2) is 59.5 Å². The van der Waals surface area contributed by atoms with Crippen LogP contribution in [0.1, 0.15) is 11.1 Å². The maximum Gasteiger partial charge on any atom is 0.222 e. The lowest BCUT2D eigenvalue weighted by atomic mass is 10.0. The summed E-state index contributed by atoms with van der Waals surface area (Å²) < 4.78 is 0. The first-order valence-corrected chi connectivity index (χ1v) is 9.11. The van der Waals surface area contributed by atoms with Crippen molar-refractivity contribution in [3.05, 3.63) is 81.1 Å². The van der Waals surface area contributed by atoms with E-state index in [1.54, 1.807) is 12.1 Å². The summed E-state index contributed by atoms with van der Waals surface area (Å²) in [6, 6.07) is 16.8. The Labute approximate surface area is 170 Å². The van der Waals surface area contributed by atoms with Crippen LogP contribution in [0, 0.1) is 11.3 Å². The van der Waals surface area contributed by atoms with Crippen LogP contribution in [0.25, 0.3) is 22.2 Å². The number of nitrogens with one attached hydrogen (secondary N) is 2. The fraction of sp³-hybridized carbons (Fsp3) is 0.0476. The van der Waals surface area contributed by atoms with E-state index in [-0.39, 0.29) is 29.3 Å². The molecule has 0 aliphatic carbocycles. The predicted octanol–water partition coefficient (Wildman–Crippen LogP) is 3.70. The van der Waals surface area contributed by atoms with E-state index in [2.05, 4.69) is 20.3 Å². The van der Waals surface area contributed by atoms with Gasteiger partial charge in [0.2, 0.25) is 5.95 Å². The highest BCUT2D eigenvalue weighted by Gasteiger charge is 2.16. The van der Waals surface area contributed by atoms with Crippen LogP contribution in [-0.2, 0) is 6.54 Å². The van der Waals surface area contributed by atoms with Gasteiger partial charge in [-0.05, 0) is 17.7 Å². The van der Waals surface area contributed by atoms with Crippen LogP contribution < -0.4 is 16.5 Å². The molecule has 4 aromatic rings. The fourth-order valence-corrected chi connectivity index (χ4v) is 3.40. The van der Waals surface area contributed by atoms with Crippen molar-refractivity contribution >= 4 is 34.3 Å².